The highest BCUT2D eigenvalue weighted by Crippen LogP contribution is 2.29. The van der Waals surface area contributed by atoms with Crippen LogP contribution in [0, 0.1) is 30.4 Å². The van der Waals surface area contributed by atoms with Crippen LogP contribution in [0.1, 0.15) is 20.7 Å². The first-order valence-corrected chi connectivity index (χ1v) is 9.57. The summed E-state index contributed by atoms with van der Waals surface area (Å²) < 4.78 is 49.2. The van der Waals surface area contributed by atoms with Gasteiger partial charge in [-0.15, -0.1) is 0 Å². The lowest BCUT2D eigenvalue weighted by atomic mass is 9.91. The highest BCUT2D eigenvalue weighted by molar-refractivity contribution is 14.1. The van der Waals surface area contributed by atoms with Crippen LogP contribution in [0.2, 0.25) is 0 Å². The zero-order chi connectivity index (χ0) is 20.6. The Hall–Kier alpha value is -1.96. The van der Waals surface area contributed by atoms with Crippen LogP contribution >= 0.6 is 45.2 Å². The number of benzene rings is 1. The summed E-state index contributed by atoms with van der Waals surface area (Å²) in [5.41, 5.74) is 1.64. The predicted molar refractivity (Wildman–Crippen MR) is 108 cm³/mol. The molecule has 10 heteroatoms. The fourth-order valence-electron chi connectivity index (χ4n) is 2.38. The zero-order valence-electron chi connectivity index (χ0n) is 13.4. The number of Topliss-reactive ketones (excluding diaryl/α,β-unsaturated/α-hetero) is 2. The largest absolute Gasteiger partial charge is 0.285 e. The lowest BCUT2D eigenvalue weighted by Gasteiger charge is -2.14. The quantitative estimate of drug-likeness (QED) is 0.118. The Labute approximate surface area is 182 Å². The maximum absolute atomic E-state index is 12.6. The van der Waals surface area contributed by atoms with E-state index in [1.54, 1.807) is 36.7 Å². The van der Waals surface area contributed by atoms with Crippen molar-refractivity contribution in [3.63, 3.8) is 0 Å². The van der Waals surface area contributed by atoms with Gasteiger partial charge in [-0.1, -0.05) is 0 Å². The van der Waals surface area contributed by atoms with E-state index in [0.29, 0.717) is 22.5 Å². The van der Waals surface area contributed by atoms with Gasteiger partial charge in [-0.2, -0.15) is 0 Å². The van der Waals surface area contributed by atoms with Gasteiger partial charge in [0.05, 0.1) is 18.3 Å². The van der Waals surface area contributed by atoms with Crippen LogP contribution in [0.15, 0.2) is 36.7 Å². The maximum Gasteiger partial charge on any atom is 0.235 e. The van der Waals surface area contributed by atoms with Gasteiger partial charge in [0, 0.05) is 12.4 Å². The van der Waals surface area contributed by atoms with Gasteiger partial charge in [-0.05, 0) is 69.4 Å². The topological polar surface area (TPSA) is 59.9 Å². The molecule has 1 aromatic carbocycles. The van der Waals surface area contributed by atoms with Crippen LogP contribution in [0.3, 0.4) is 0 Å². The van der Waals surface area contributed by atoms with Crippen molar-refractivity contribution < 1.29 is 27.2 Å². The van der Waals surface area contributed by atoms with Crippen molar-refractivity contribution in [2.24, 2.45) is 0 Å². The van der Waals surface area contributed by atoms with E-state index in [0.717, 1.165) is 0 Å². The van der Waals surface area contributed by atoms with Crippen LogP contribution in [-0.4, -0.2) is 21.5 Å². The molecule has 0 amide bonds. The molecule has 28 heavy (non-hydrogen) atoms. The van der Waals surface area contributed by atoms with Gasteiger partial charge >= 0.3 is 0 Å². The Morgan fingerprint density at radius 2 is 0.964 bits per heavy atom. The smallest absolute Gasteiger partial charge is 0.235 e. The van der Waals surface area contributed by atoms with Gasteiger partial charge < -0.3 is 0 Å². The number of carbonyl (C=O) groups excluding carboxylic acids is 2. The minimum Gasteiger partial charge on any atom is -0.285 e. The Bertz CT molecular complexity index is 978. The third kappa shape index (κ3) is 3.54. The van der Waals surface area contributed by atoms with Crippen LogP contribution in [0.25, 0.3) is 11.4 Å². The Morgan fingerprint density at radius 1 is 0.643 bits per heavy atom. The first-order valence-electron chi connectivity index (χ1n) is 7.42. The molecular formula is C18H6F4I2N2O2. The number of hydrogen-bond acceptors (Lipinski definition) is 4. The second kappa shape index (κ2) is 8.19. The second-order valence-electron chi connectivity index (χ2n) is 5.34. The molecule has 0 bridgehead atoms. The molecule has 4 rings (SSSR count). The number of nitrogens with zero attached hydrogens (tertiary/aromatic N) is 2. The molecule has 0 N–H and O–H groups in total. The number of ketones is 2. The molecule has 1 aliphatic rings. The summed E-state index contributed by atoms with van der Waals surface area (Å²) in [6.45, 7) is 0. The molecule has 2 aromatic heterocycles. The van der Waals surface area contributed by atoms with E-state index in [2.05, 4.69) is 9.97 Å². The van der Waals surface area contributed by atoms with Gasteiger partial charge in [0.25, 0.3) is 0 Å². The molecule has 0 unspecified atom stereocenters. The van der Waals surface area contributed by atoms with E-state index in [4.69, 9.17) is 0 Å². The van der Waals surface area contributed by atoms with E-state index in [-0.39, 0.29) is 0 Å². The van der Waals surface area contributed by atoms with Crippen molar-refractivity contribution in [1.29, 1.82) is 0 Å². The summed E-state index contributed by atoms with van der Waals surface area (Å²) in [5, 5.41) is 0. The molecule has 1 aliphatic carbocycles. The predicted octanol–water partition coefficient (Wildman–Crippen LogP) is 4.97. The second-order valence-corrected chi connectivity index (χ2v) is 7.50. The summed E-state index contributed by atoms with van der Waals surface area (Å²) in [6, 6.07) is 6.47. The molecule has 0 saturated heterocycles. The number of pyridine rings is 2. The van der Waals surface area contributed by atoms with Gasteiger partial charge in [0.2, 0.25) is 11.6 Å². The third-order valence-corrected chi connectivity index (χ3v) is 5.59. The molecule has 2 heterocycles. The molecule has 0 atom stereocenters. The summed E-state index contributed by atoms with van der Waals surface area (Å²) in [4.78, 5) is 31.7. The number of halogens is 6. The van der Waals surface area contributed by atoms with Crippen molar-refractivity contribution in [2.45, 2.75) is 0 Å². The first-order chi connectivity index (χ1) is 13.3. The fraction of sp³-hybridized carbons (Fsp3) is 0. The molecule has 0 aliphatic heterocycles. The maximum atomic E-state index is 12.6. The van der Waals surface area contributed by atoms with E-state index in [1.165, 1.54) is 45.2 Å². The molecule has 3 aromatic rings. The van der Waals surface area contributed by atoms with Gasteiger partial charge in [-0.3, -0.25) is 19.6 Å². The van der Waals surface area contributed by atoms with Crippen LogP contribution in [0.5, 0.6) is 0 Å². The minimum atomic E-state index is -1.35. The van der Waals surface area contributed by atoms with Crippen molar-refractivity contribution in [3.8, 4) is 11.4 Å². The number of carbonyl (C=O) groups is 2. The molecule has 4 nitrogen and oxygen atoms in total. The lowest BCUT2D eigenvalue weighted by Crippen LogP contribution is -2.22. The first kappa shape index (κ1) is 20.8. The van der Waals surface area contributed by atoms with Gasteiger partial charge in [-0.25, -0.2) is 17.6 Å². The van der Waals surface area contributed by atoms with Crippen LogP contribution in [-0.2, 0) is 0 Å². The average Bonchev–Trinajstić information content (AvgIpc) is 2.74. The van der Waals surface area contributed by atoms with Crippen molar-refractivity contribution in [2.75, 3.05) is 0 Å². The van der Waals surface area contributed by atoms with Crippen LogP contribution < -0.4 is 0 Å². The van der Waals surface area contributed by atoms with E-state index in [1.807, 2.05) is 0 Å². The molecule has 0 saturated carbocycles. The summed E-state index contributed by atoms with van der Waals surface area (Å²) in [6.07, 6.45) is 3.17. The number of rotatable bonds is 0. The number of aromatic nitrogens is 2. The van der Waals surface area contributed by atoms with Crippen molar-refractivity contribution >= 4 is 56.7 Å². The average molecular weight is 612 g/mol. The molecule has 0 spiro atoms. The van der Waals surface area contributed by atoms with Gasteiger partial charge in [0.15, 0.2) is 23.3 Å². The lowest BCUT2D eigenvalue weighted by molar-refractivity contribution is 0.0814. The summed E-state index contributed by atoms with van der Waals surface area (Å²) >= 11 is 2.41. The van der Waals surface area contributed by atoms with Gasteiger partial charge in [0.1, 0.15) is 11.4 Å². The number of hydrogen-bond donors (Lipinski definition) is 0. The Morgan fingerprint density at radius 3 is 1.29 bits per heavy atom. The number of fused-ring (bicyclic) bond motifs is 3. The molecule has 0 radical (unpaired) electrons. The Balaban J connectivity index is 0.000000169. The SMILES string of the molecule is Fc1c(F)c(I)c(F)c(F)c1I.O=C1C(=O)c2cccnc2-c2ncccc21. The normalized spacial score (nSPS) is 12.1. The third-order valence-electron chi connectivity index (χ3n) is 3.69. The highest BCUT2D eigenvalue weighted by atomic mass is 127. The van der Waals surface area contributed by atoms with E-state index in [9.17, 15) is 27.2 Å². The standard InChI is InChI=1S/C12H6N2O2.C6F4I2/c15-11-7-3-1-5-13-9(7)10-8(12(11)16)4-2-6-14-10;7-1-2(8)6(12)4(10)3(9)5(1)11/h1-6H;. The van der Waals surface area contributed by atoms with Crippen molar-refractivity contribution in [3.05, 3.63) is 78.2 Å². The highest BCUT2D eigenvalue weighted by Gasteiger charge is 2.31. The van der Waals surface area contributed by atoms with E-state index >= 15 is 0 Å². The monoisotopic (exact) mass is 612 g/mol. The molecule has 0 fully saturated rings. The Kier molecular flexibility index (Phi) is 6.07. The molecule has 142 valence electrons. The minimum absolute atomic E-state index is 0.332. The summed E-state index contributed by atoms with van der Waals surface area (Å²) in [5.74, 6) is -6.41. The zero-order valence-corrected chi connectivity index (χ0v) is 17.8. The van der Waals surface area contributed by atoms with E-state index < -0.39 is 42.0 Å². The van der Waals surface area contributed by atoms with Crippen LogP contribution in [0.4, 0.5) is 17.6 Å². The summed E-state index contributed by atoms with van der Waals surface area (Å²) in [7, 11) is 0. The molecular weight excluding hydrogens is 606 g/mol. The van der Waals surface area contributed by atoms with Crippen molar-refractivity contribution in [1.82, 2.24) is 9.97 Å². The fourth-order valence-corrected chi connectivity index (χ4v) is 3.32.